The van der Waals surface area contributed by atoms with Gasteiger partial charge in [0, 0.05) is 18.7 Å². The molecule has 1 aromatic carbocycles. The van der Waals surface area contributed by atoms with Crippen molar-refractivity contribution in [2.75, 3.05) is 6.26 Å². The van der Waals surface area contributed by atoms with Crippen molar-refractivity contribution in [3.05, 3.63) is 57.5 Å². The largest absolute Gasteiger partial charge is 0.416 e. The summed E-state index contributed by atoms with van der Waals surface area (Å²) >= 11 is 0. The van der Waals surface area contributed by atoms with Crippen molar-refractivity contribution in [2.45, 2.75) is 44.4 Å². The number of aromatic nitrogens is 2. The average Bonchev–Trinajstić information content (AvgIpc) is 2.56. The number of carbonyl (C=O) groups is 1. The van der Waals surface area contributed by atoms with Gasteiger partial charge in [-0.25, -0.2) is 13.4 Å². The van der Waals surface area contributed by atoms with Crippen LogP contribution in [0.2, 0.25) is 0 Å². The van der Waals surface area contributed by atoms with Crippen molar-refractivity contribution in [2.24, 2.45) is 5.41 Å². The van der Waals surface area contributed by atoms with Crippen LogP contribution in [0.4, 0.5) is 13.2 Å². The van der Waals surface area contributed by atoms with Crippen LogP contribution in [0.3, 0.4) is 0 Å². The zero-order valence-corrected chi connectivity index (χ0v) is 17.1. The Morgan fingerprint density at radius 1 is 1.14 bits per heavy atom. The second-order valence-electron chi connectivity index (χ2n) is 7.87. The number of hydrogen-bond acceptors (Lipinski definition) is 5. The van der Waals surface area contributed by atoms with E-state index in [2.05, 4.69) is 9.97 Å². The Hall–Kier alpha value is -2.49. The highest BCUT2D eigenvalue weighted by atomic mass is 32.2. The Bertz CT molecular complexity index is 1070. The summed E-state index contributed by atoms with van der Waals surface area (Å²) in [6, 6.07) is 5.44. The molecule has 0 bridgehead atoms. The van der Waals surface area contributed by atoms with Gasteiger partial charge < -0.3 is 0 Å². The van der Waals surface area contributed by atoms with Crippen LogP contribution in [0.1, 0.15) is 54.7 Å². The molecule has 1 N–H and O–H groups in total. The summed E-state index contributed by atoms with van der Waals surface area (Å²) in [6.07, 6.45) is -3.78. The lowest BCUT2D eigenvalue weighted by molar-refractivity contribution is -0.137. The Balaban J connectivity index is 2.41. The van der Waals surface area contributed by atoms with Crippen molar-refractivity contribution < 1.29 is 26.4 Å². The number of sulfone groups is 1. The van der Waals surface area contributed by atoms with E-state index in [1.165, 1.54) is 12.1 Å². The Labute approximate surface area is 166 Å². The highest BCUT2D eigenvalue weighted by molar-refractivity contribution is 7.90. The first kappa shape index (κ1) is 22.8. The standard InChI is InChI=1S/C19H21F3N2O4S/c1-18(2,3)13(11-5-7-12(8-6-11)19(20,21)22)9-15(25)14-10-16(26)24-17(23-14)29(4,27)28/h5-8,10,13H,9H2,1-4H3,(H,23,24,26)/t13-/m0/s1. The second kappa shape index (κ2) is 7.74. The molecule has 1 atom stereocenters. The molecule has 2 aromatic rings. The Morgan fingerprint density at radius 2 is 1.69 bits per heavy atom. The lowest BCUT2D eigenvalue weighted by atomic mass is 9.73. The molecule has 0 fully saturated rings. The van der Waals surface area contributed by atoms with Crippen LogP contribution < -0.4 is 5.56 Å². The maximum atomic E-state index is 12.8. The second-order valence-corrected chi connectivity index (χ2v) is 9.80. The lowest BCUT2D eigenvalue weighted by Gasteiger charge is -2.31. The number of rotatable bonds is 5. The molecule has 0 amide bonds. The molecular formula is C19H21F3N2O4S. The van der Waals surface area contributed by atoms with Gasteiger partial charge in [-0.3, -0.25) is 14.6 Å². The third-order valence-electron chi connectivity index (χ3n) is 4.43. The number of ketones is 1. The van der Waals surface area contributed by atoms with Crippen molar-refractivity contribution in [3.8, 4) is 0 Å². The molecule has 0 saturated heterocycles. The minimum atomic E-state index is -4.47. The zero-order chi connectivity index (χ0) is 22.2. The number of hydrogen-bond donors (Lipinski definition) is 1. The average molecular weight is 430 g/mol. The van der Waals surface area contributed by atoms with Crippen molar-refractivity contribution in [1.82, 2.24) is 9.97 Å². The molecule has 0 aliphatic heterocycles. The van der Waals surface area contributed by atoms with E-state index in [1.807, 2.05) is 20.8 Å². The number of H-pyrrole nitrogens is 1. The summed E-state index contributed by atoms with van der Waals surface area (Å²) in [5, 5.41) is -0.616. The molecule has 0 saturated carbocycles. The van der Waals surface area contributed by atoms with Gasteiger partial charge in [0.25, 0.3) is 5.56 Å². The van der Waals surface area contributed by atoms with Gasteiger partial charge in [-0.15, -0.1) is 0 Å². The number of nitrogens with zero attached hydrogens (tertiary/aromatic N) is 1. The van der Waals surface area contributed by atoms with E-state index in [0.717, 1.165) is 24.5 Å². The van der Waals surface area contributed by atoms with E-state index in [1.54, 1.807) is 0 Å². The van der Waals surface area contributed by atoms with Crippen LogP contribution >= 0.6 is 0 Å². The highest BCUT2D eigenvalue weighted by Gasteiger charge is 2.33. The first-order valence-electron chi connectivity index (χ1n) is 8.61. The smallest absolute Gasteiger partial charge is 0.297 e. The van der Waals surface area contributed by atoms with Gasteiger partial charge in [-0.1, -0.05) is 32.9 Å². The highest BCUT2D eigenvalue weighted by Crippen LogP contribution is 2.39. The van der Waals surface area contributed by atoms with Gasteiger partial charge in [0.05, 0.1) is 5.56 Å². The Morgan fingerprint density at radius 3 is 2.14 bits per heavy atom. The number of alkyl halides is 3. The van der Waals surface area contributed by atoms with Crippen LogP contribution in [0.25, 0.3) is 0 Å². The number of Topliss-reactive ketones (excluding diaryl/α,β-unsaturated/α-hetero) is 1. The molecule has 0 unspecified atom stereocenters. The minimum Gasteiger partial charge on any atom is -0.297 e. The summed E-state index contributed by atoms with van der Waals surface area (Å²) in [4.78, 5) is 30.3. The fourth-order valence-corrected chi connectivity index (χ4v) is 3.42. The van der Waals surface area contributed by atoms with Crippen molar-refractivity contribution in [3.63, 3.8) is 0 Å². The molecule has 0 spiro atoms. The molecule has 158 valence electrons. The van der Waals surface area contributed by atoms with E-state index < -0.39 is 49.4 Å². The van der Waals surface area contributed by atoms with Gasteiger partial charge in [-0.05, 0) is 29.0 Å². The molecule has 6 nitrogen and oxygen atoms in total. The van der Waals surface area contributed by atoms with E-state index in [4.69, 9.17) is 0 Å². The van der Waals surface area contributed by atoms with Crippen LogP contribution in [0.5, 0.6) is 0 Å². The van der Waals surface area contributed by atoms with E-state index >= 15 is 0 Å². The molecule has 0 aliphatic carbocycles. The quantitative estimate of drug-likeness (QED) is 0.578. The summed E-state index contributed by atoms with van der Waals surface area (Å²) in [7, 11) is -3.83. The topological polar surface area (TPSA) is 97.0 Å². The van der Waals surface area contributed by atoms with Gasteiger partial charge >= 0.3 is 6.18 Å². The van der Waals surface area contributed by atoms with Gasteiger partial charge in [0.15, 0.2) is 5.78 Å². The predicted octanol–water partition coefficient (Wildman–Crippen LogP) is 3.59. The number of benzene rings is 1. The van der Waals surface area contributed by atoms with Crippen LogP contribution in [0.15, 0.2) is 40.3 Å². The van der Waals surface area contributed by atoms with Crippen LogP contribution in [0, 0.1) is 5.41 Å². The fourth-order valence-electron chi connectivity index (χ4n) is 2.87. The molecule has 1 aromatic heterocycles. The van der Waals surface area contributed by atoms with E-state index in [0.29, 0.717) is 5.56 Å². The SMILES string of the molecule is CC(C)(C)[C@@H](CC(=O)c1cc(=O)[nH]c(S(C)(=O)=O)n1)c1ccc(C(F)(F)F)cc1. The van der Waals surface area contributed by atoms with Gasteiger partial charge in [0.1, 0.15) is 5.69 Å². The number of nitrogens with one attached hydrogen (secondary N) is 1. The minimum absolute atomic E-state index is 0.158. The first-order chi connectivity index (χ1) is 13.1. The molecule has 0 aliphatic rings. The van der Waals surface area contributed by atoms with Crippen molar-refractivity contribution in [1.29, 1.82) is 0 Å². The number of carbonyl (C=O) groups excluding carboxylic acids is 1. The van der Waals surface area contributed by atoms with Crippen LogP contribution in [-0.2, 0) is 16.0 Å². The molecule has 0 radical (unpaired) electrons. The lowest BCUT2D eigenvalue weighted by Crippen LogP contribution is -2.24. The molecular weight excluding hydrogens is 409 g/mol. The summed E-state index contributed by atoms with van der Waals surface area (Å²) < 4.78 is 61.7. The van der Waals surface area contributed by atoms with Gasteiger partial charge in [-0.2, -0.15) is 13.2 Å². The maximum Gasteiger partial charge on any atom is 0.416 e. The molecule has 2 rings (SSSR count). The zero-order valence-electron chi connectivity index (χ0n) is 16.3. The third kappa shape index (κ3) is 5.75. The third-order valence-corrected chi connectivity index (χ3v) is 5.33. The summed E-state index contributed by atoms with van der Waals surface area (Å²) in [6.45, 7) is 5.49. The summed E-state index contributed by atoms with van der Waals surface area (Å²) in [5.41, 5.74) is -1.88. The number of halogens is 3. The van der Waals surface area contributed by atoms with Gasteiger partial charge in [0.2, 0.25) is 15.0 Å². The van der Waals surface area contributed by atoms with Crippen LogP contribution in [-0.4, -0.2) is 30.4 Å². The fraction of sp³-hybridized carbons (Fsp3) is 0.421. The predicted molar refractivity (Wildman–Crippen MR) is 101 cm³/mol. The number of aromatic amines is 1. The summed E-state index contributed by atoms with van der Waals surface area (Å²) in [5.74, 6) is -1.07. The molecule has 1 heterocycles. The Kier molecular flexibility index (Phi) is 6.08. The monoisotopic (exact) mass is 430 g/mol. The maximum absolute atomic E-state index is 12.8. The first-order valence-corrected chi connectivity index (χ1v) is 10.5. The van der Waals surface area contributed by atoms with E-state index in [-0.39, 0.29) is 12.1 Å². The van der Waals surface area contributed by atoms with E-state index in [9.17, 15) is 31.2 Å². The van der Waals surface area contributed by atoms with Crippen molar-refractivity contribution >= 4 is 15.6 Å². The normalized spacial score (nSPS) is 13.9. The molecule has 29 heavy (non-hydrogen) atoms. The molecule has 10 heteroatoms.